The maximum Gasteiger partial charge on any atom is 0.0884 e. The molecular formula is C5H9ClO. The number of rotatable bonds is 3. The van der Waals surface area contributed by atoms with Gasteiger partial charge in [0, 0.05) is 7.11 Å². The monoisotopic (exact) mass is 120 g/mol. The first-order chi connectivity index (χ1) is 3.35. The summed E-state index contributed by atoms with van der Waals surface area (Å²) < 4.78 is 4.80. The van der Waals surface area contributed by atoms with E-state index >= 15 is 0 Å². The first-order valence-electron chi connectivity index (χ1n) is 2.06. The quantitative estimate of drug-likeness (QED) is 0.405. The van der Waals surface area contributed by atoms with Crippen molar-refractivity contribution in [3.8, 4) is 0 Å². The Kier molecular flexibility index (Phi) is 4.15. The second kappa shape index (κ2) is 4.16. The molecule has 0 amide bonds. The normalized spacial score (nSPS) is 13.4. The van der Waals surface area contributed by atoms with Crippen molar-refractivity contribution < 1.29 is 4.74 Å². The topological polar surface area (TPSA) is 9.23 Å². The van der Waals surface area contributed by atoms with Gasteiger partial charge in [0.05, 0.1) is 12.0 Å². The van der Waals surface area contributed by atoms with Gasteiger partial charge in [0.15, 0.2) is 0 Å². The molecule has 0 rings (SSSR count). The fraction of sp³-hybridized carbons (Fsp3) is 0.600. The third-order valence-electron chi connectivity index (χ3n) is 0.718. The summed E-state index contributed by atoms with van der Waals surface area (Å²) in [6, 6.07) is 0. The van der Waals surface area contributed by atoms with E-state index in [1.165, 1.54) is 0 Å². The Balaban J connectivity index is 3.16. The first kappa shape index (κ1) is 6.99. The van der Waals surface area contributed by atoms with E-state index in [9.17, 15) is 0 Å². The van der Waals surface area contributed by atoms with Crippen LogP contribution < -0.4 is 0 Å². The highest BCUT2D eigenvalue weighted by Gasteiger charge is 1.94. The van der Waals surface area contributed by atoms with Crippen molar-refractivity contribution in [2.45, 2.75) is 6.10 Å². The SMILES string of the molecule is C=CC(CCl)OC. The second-order valence-electron chi connectivity index (χ2n) is 1.16. The van der Waals surface area contributed by atoms with Gasteiger partial charge < -0.3 is 4.74 Å². The van der Waals surface area contributed by atoms with Gasteiger partial charge in [-0.3, -0.25) is 0 Å². The molecule has 0 bridgehead atoms. The molecule has 1 atom stereocenters. The summed E-state index contributed by atoms with van der Waals surface area (Å²) in [4.78, 5) is 0. The van der Waals surface area contributed by atoms with Gasteiger partial charge in [-0.15, -0.1) is 18.2 Å². The van der Waals surface area contributed by atoms with Crippen molar-refractivity contribution in [2.75, 3.05) is 13.0 Å². The highest BCUT2D eigenvalue weighted by Crippen LogP contribution is 1.91. The Morgan fingerprint density at radius 2 is 2.57 bits per heavy atom. The zero-order valence-electron chi connectivity index (χ0n) is 4.36. The molecular weight excluding hydrogens is 112 g/mol. The van der Waals surface area contributed by atoms with Crippen molar-refractivity contribution in [3.63, 3.8) is 0 Å². The molecule has 42 valence electrons. The maximum absolute atomic E-state index is 5.37. The van der Waals surface area contributed by atoms with E-state index in [-0.39, 0.29) is 6.10 Å². The van der Waals surface area contributed by atoms with Gasteiger partial charge in [-0.05, 0) is 0 Å². The summed E-state index contributed by atoms with van der Waals surface area (Å²) in [5.41, 5.74) is 0. The highest BCUT2D eigenvalue weighted by molar-refractivity contribution is 6.18. The number of methoxy groups -OCH3 is 1. The van der Waals surface area contributed by atoms with Crippen LogP contribution in [0.5, 0.6) is 0 Å². The molecule has 0 heterocycles. The Morgan fingerprint density at radius 1 is 2.00 bits per heavy atom. The molecule has 0 spiro atoms. The van der Waals surface area contributed by atoms with E-state index in [1.54, 1.807) is 13.2 Å². The van der Waals surface area contributed by atoms with Crippen molar-refractivity contribution in [2.24, 2.45) is 0 Å². The molecule has 0 fully saturated rings. The summed E-state index contributed by atoms with van der Waals surface area (Å²) in [6.07, 6.45) is 1.69. The molecule has 0 aliphatic heterocycles. The van der Waals surface area contributed by atoms with E-state index in [2.05, 4.69) is 6.58 Å². The minimum Gasteiger partial charge on any atom is -0.376 e. The van der Waals surface area contributed by atoms with Crippen LogP contribution in [0, 0.1) is 0 Å². The molecule has 0 aromatic carbocycles. The van der Waals surface area contributed by atoms with Crippen molar-refractivity contribution in [1.82, 2.24) is 0 Å². The van der Waals surface area contributed by atoms with Gasteiger partial charge >= 0.3 is 0 Å². The van der Waals surface area contributed by atoms with Crippen molar-refractivity contribution >= 4 is 11.6 Å². The lowest BCUT2D eigenvalue weighted by Crippen LogP contribution is -2.06. The van der Waals surface area contributed by atoms with Crippen LogP contribution in [0.3, 0.4) is 0 Å². The van der Waals surface area contributed by atoms with Crippen LogP contribution in [0.4, 0.5) is 0 Å². The van der Waals surface area contributed by atoms with E-state index in [0.29, 0.717) is 5.88 Å². The zero-order valence-corrected chi connectivity index (χ0v) is 5.11. The Hall–Kier alpha value is -0.0100. The lowest BCUT2D eigenvalue weighted by atomic mass is 10.4. The summed E-state index contributed by atoms with van der Waals surface area (Å²) in [5.74, 6) is 0.486. The smallest absolute Gasteiger partial charge is 0.0884 e. The van der Waals surface area contributed by atoms with E-state index in [1.807, 2.05) is 0 Å². The molecule has 0 N–H and O–H groups in total. The lowest BCUT2D eigenvalue weighted by Gasteiger charge is -2.02. The Morgan fingerprint density at radius 3 is 2.57 bits per heavy atom. The standard InChI is InChI=1S/C5H9ClO/c1-3-5(4-6)7-2/h3,5H,1,4H2,2H3. The summed E-state index contributed by atoms with van der Waals surface area (Å²) in [6.45, 7) is 3.49. The maximum atomic E-state index is 5.37. The van der Waals surface area contributed by atoms with Crippen LogP contribution in [-0.4, -0.2) is 19.1 Å². The summed E-state index contributed by atoms with van der Waals surface area (Å²) >= 11 is 5.37. The number of hydrogen-bond donors (Lipinski definition) is 0. The molecule has 0 radical (unpaired) electrons. The van der Waals surface area contributed by atoms with Crippen molar-refractivity contribution in [3.05, 3.63) is 12.7 Å². The molecule has 0 aliphatic carbocycles. The predicted molar refractivity (Wildman–Crippen MR) is 31.7 cm³/mol. The molecule has 0 saturated carbocycles. The summed E-state index contributed by atoms with van der Waals surface area (Å²) in [7, 11) is 1.61. The fourth-order valence-corrected chi connectivity index (χ4v) is 0.474. The Labute approximate surface area is 48.9 Å². The third-order valence-corrected chi connectivity index (χ3v) is 1.02. The molecule has 0 aliphatic rings. The highest BCUT2D eigenvalue weighted by atomic mass is 35.5. The number of hydrogen-bond acceptors (Lipinski definition) is 1. The average Bonchev–Trinajstić information content (AvgIpc) is 1.72. The van der Waals surface area contributed by atoms with Gasteiger partial charge in [0.1, 0.15) is 0 Å². The van der Waals surface area contributed by atoms with Crippen LogP contribution in [0.25, 0.3) is 0 Å². The van der Waals surface area contributed by atoms with E-state index < -0.39 is 0 Å². The molecule has 0 saturated heterocycles. The minimum absolute atomic E-state index is 0.0154. The third kappa shape index (κ3) is 2.66. The Bertz CT molecular complexity index is 50.0. The predicted octanol–water partition coefficient (Wildman–Crippen LogP) is 1.43. The van der Waals surface area contributed by atoms with Crippen LogP contribution in [0.1, 0.15) is 0 Å². The van der Waals surface area contributed by atoms with Crippen LogP contribution in [0.2, 0.25) is 0 Å². The van der Waals surface area contributed by atoms with Crippen molar-refractivity contribution in [1.29, 1.82) is 0 Å². The molecule has 1 nitrogen and oxygen atoms in total. The minimum atomic E-state index is 0.0154. The van der Waals surface area contributed by atoms with Crippen LogP contribution in [0.15, 0.2) is 12.7 Å². The molecule has 1 unspecified atom stereocenters. The molecule has 0 aromatic heterocycles. The van der Waals surface area contributed by atoms with Crippen LogP contribution in [-0.2, 0) is 4.74 Å². The zero-order chi connectivity index (χ0) is 5.70. The van der Waals surface area contributed by atoms with E-state index in [0.717, 1.165) is 0 Å². The van der Waals surface area contributed by atoms with Gasteiger partial charge in [-0.1, -0.05) is 6.08 Å². The van der Waals surface area contributed by atoms with Crippen LogP contribution >= 0.6 is 11.6 Å². The van der Waals surface area contributed by atoms with Gasteiger partial charge in [-0.25, -0.2) is 0 Å². The lowest BCUT2D eigenvalue weighted by molar-refractivity contribution is 0.159. The molecule has 7 heavy (non-hydrogen) atoms. The number of ether oxygens (including phenoxy) is 1. The summed E-state index contributed by atoms with van der Waals surface area (Å²) in [5, 5.41) is 0. The average molecular weight is 121 g/mol. The van der Waals surface area contributed by atoms with Gasteiger partial charge in [0.25, 0.3) is 0 Å². The first-order valence-corrected chi connectivity index (χ1v) is 2.60. The number of alkyl halides is 1. The second-order valence-corrected chi connectivity index (χ2v) is 1.47. The van der Waals surface area contributed by atoms with Gasteiger partial charge in [0.2, 0.25) is 0 Å². The largest absolute Gasteiger partial charge is 0.376 e. The number of halogens is 1. The molecule has 2 heteroatoms. The van der Waals surface area contributed by atoms with E-state index in [4.69, 9.17) is 16.3 Å². The fourth-order valence-electron chi connectivity index (χ4n) is 0.222. The van der Waals surface area contributed by atoms with Gasteiger partial charge in [-0.2, -0.15) is 0 Å². The molecule has 0 aromatic rings.